The molecule has 1 aliphatic carbocycles. The van der Waals surface area contributed by atoms with Gasteiger partial charge in [-0.2, -0.15) is 0 Å². The van der Waals surface area contributed by atoms with Crippen LogP contribution in [0.5, 0.6) is 0 Å². The molecule has 192 valence electrons. The highest BCUT2D eigenvalue weighted by molar-refractivity contribution is 6.25. The predicted molar refractivity (Wildman–Crippen MR) is 129 cm³/mol. The lowest BCUT2D eigenvalue weighted by Gasteiger charge is -2.36. The van der Waals surface area contributed by atoms with E-state index in [0.29, 0.717) is 17.7 Å². The summed E-state index contributed by atoms with van der Waals surface area (Å²) in [4.78, 5) is 63.7. The number of ketones is 2. The van der Waals surface area contributed by atoms with Gasteiger partial charge in [0.1, 0.15) is 11.6 Å². The minimum atomic E-state index is -1.72. The standard InChI is InChI=1S/C27H31NO8/c1-4-6-7-8-9-11-21(29)23-19-13-16-12-17(10-5-2)28(20(25(33)34)14-22(30)31)15-18(16)24(32)27(19,3)36-26(23)35/h5,10,12-13,15,20H,4,6-9,11,14H2,1-3H3,(H,30,31)(H,33,34). The summed E-state index contributed by atoms with van der Waals surface area (Å²) in [5, 5.41) is 18.9. The smallest absolute Gasteiger partial charge is 0.343 e. The van der Waals surface area contributed by atoms with Gasteiger partial charge in [0.05, 0.1) is 6.42 Å². The number of esters is 1. The molecule has 0 fully saturated rings. The second-order valence-corrected chi connectivity index (χ2v) is 9.20. The number of Topliss-reactive ketones (excluding diaryl/α,β-unsaturated/α-hetero) is 2. The van der Waals surface area contributed by atoms with Gasteiger partial charge in [-0.05, 0) is 44.1 Å². The maximum Gasteiger partial charge on any atom is 0.343 e. The fourth-order valence-corrected chi connectivity index (χ4v) is 4.66. The van der Waals surface area contributed by atoms with E-state index in [4.69, 9.17) is 4.74 Å². The highest BCUT2D eigenvalue weighted by Gasteiger charge is 2.54. The minimum absolute atomic E-state index is 0.0761. The van der Waals surface area contributed by atoms with Crippen LogP contribution < -0.4 is 0 Å². The number of hydrogen-bond acceptors (Lipinski definition) is 7. The SMILES string of the molecule is CC=CC1=CC2=CC3=C(C(=O)CCCCCCC)C(=O)OC3(C)C(=O)C2=CN1C(CC(=O)O)C(=O)O. The molecule has 9 nitrogen and oxygen atoms in total. The van der Waals surface area contributed by atoms with Gasteiger partial charge in [-0.3, -0.25) is 14.4 Å². The summed E-state index contributed by atoms with van der Waals surface area (Å²) in [5.74, 6) is -4.49. The summed E-state index contributed by atoms with van der Waals surface area (Å²) >= 11 is 0. The Morgan fingerprint density at radius 2 is 1.81 bits per heavy atom. The Labute approximate surface area is 209 Å². The number of allylic oxidation sites excluding steroid dienone is 4. The molecule has 2 atom stereocenters. The Balaban J connectivity index is 2.04. The van der Waals surface area contributed by atoms with Crippen LogP contribution in [0.25, 0.3) is 0 Å². The maximum absolute atomic E-state index is 13.6. The van der Waals surface area contributed by atoms with Gasteiger partial charge in [0.15, 0.2) is 11.4 Å². The molecule has 0 aromatic rings. The molecule has 2 heterocycles. The number of unbranched alkanes of at least 4 members (excludes halogenated alkanes) is 4. The zero-order valence-electron chi connectivity index (χ0n) is 20.7. The van der Waals surface area contributed by atoms with E-state index in [1.54, 1.807) is 31.2 Å². The molecule has 0 saturated carbocycles. The molecule has 2 aliphatic heterocycles. The Hall–Kier alpha value is -3.75. The van der Waals surface area contributed by atoms with Gasteiger partial charge in [-0.1, -0.05) is 38.7 Å². The molecular weight excluding hydrogens is 466 g/mol. The van der Waals surface area contributed by atoms with Crippen LogP contribution in [0.3, 0.4) is 0 Å². The fourth-order valence-electron chi connectivity index (χ4n) is 4.66. The third-order valence-corrected chi connectivity index (χ3v) is 6.56. The van der Waals surface area contributed by atoms with Gasteiger partial charge in [0, 0.05) is 29.5 Å². The summed E-state index contributed by atoms with van der Waals surface area (Å²) in [5.41, 5.74) is -0.816. The third-order valence-electron chi connectivity index (χ3n) is 6.56. The first-order valence-corrected chi connectivity index (χ1v) is 12.1. The number of carbonyl (C=O) groups excluding carboxylic acids is 3. The lowest BCUT2D eigenvalue weighted by molar-refractivity contribution is -0.153. The molecular formula is C27H31NO8. The van der Waals surface area contributed by atoms with Crippen molar-refractivity contribution in [2.75, 3.05) is 0 Å². The van der Waals surface area contributed by atoms with Crippen molar-refractivity contribution in [1.82, 2.24) is 4.90 Å². The number of nitrogens with zero attached hydrogens (tertiary/aromatic N) is 1. The van der Waals surface area contributed by atoms with E-state index in [0.717, 1.165) is 25.7 Å². The van der Waals surface area contributed by atoms with Crippen LogP contribution in [0.15, 0.2) is 58.5 Å². The molecule has 0 radical (unpaired) electrons. The molecule has 0 aromatic carbocycles. The lowest BCUT2D eigenvalue weighted by atomic mass is 9.76. The van der Waals surface area contributed by atoms with E-state index in [2.05, 4.69) is 6.92 Å². The van der Waals surface area contributed by atoms with Crippen LogP contribution in [0, 0.1) is 0 Å². The van der Waals surface area contributed by atoms with Gasteiger partial charge in [0.25, 0.3) is 0 Å². The highest BCUT2D eigenvalue weighted by Crippen LogP contribution is 2.45. The number of carbonyl (C=O) groups is 5. The van der Waals surface area contributed by atoms with Crippen molar-refractivity contribution < 1.29 is 38.9 Å². The zero-order valence-corrected chi connectivity index (χ0v) is 20.7. The fraction of sp³-hybridized carbons (Fsp3) is 0.444. The topological polar surface area (TPSA) is 138 Å². The quantitative estimate of drug-likeness (QED) is 0.235. The van der Waals surface area contributed by atoms with E-state index in [1.807, 2.05) is 0 Å². The molecule has 3 rings (SSSR count). The van der Waals surface area contributed by atoms with Crippen LogP contribution in [-0.4, -0.2) is 56.2 Å². The average Bonchev–Trinajstić information content (AvgIpc) is 3.07. The van der Waals surface area contributed by atoms with Crippen molar-refractivity contribution in [1.29, 1.82) is 0 Å². The molecule has 0 spiro atoms. The van der Waals surface area contributed by atoms with E-state index >= 15 is 0 Å². The molecule has 2 N–H and O–H groups in total. The number of ether oxygens (including phenoxy) is 1. The zero-order chi connectivity index (χ0) is 26.6. The van der Waals surface area contributed by atoms with E-state index in [1.165, 1.54) is 18.0 Å². The molecule has 0 amide bonds. The van der Waals surface area contributed by atoms with Gasteiger partial charge in [-0.15, -0.1) is 0 Å². The monoisotopic (exact) mass is 497 g/mol. The van der Waals surface area contributed by atoms with Crippen molar-refractivity contribution >= 4 is 29.5 Å². The largest absolute Gasteiger partial charge is 0.481 e. The predicted octanol–water partition coefficient (Wildman–Crippen LogP) is 3.62. The third kappa shape index (κ3) is 5.10. The summed E-state index contributed by atoms with van der Waals surface area (Å²) in [6, 6.07) is -1.47. The van der Waals surface area contributed by atoms with Gasteiger partial charge >= 0.3 is 17.9 Å². The first-order chi connectivity index (χ1) is 17.0. The highest BCUT2D eigenvalue weighted by atomic mass is 16.6. The summed E-state index contributed by atoms with van der Waals surface area (Å²) in [6.07, 6.45) is 11.8. The van der Waals surface area contributed by atoms with E-state index < -0.39 is 41.8 Å². The first-order valence-electron chi connectivity index (χ1n) is 12.1. The van der Waals surface area contributed by atoms with Crippen molar-refractivity contribution in [3.8, 4) is 0 Å². The lowest BCUT2D eigenvalue weighted by Crippen LogP contribution is -2.45. The molecule has 0 aromatic heterocycles. The molecule has 3 aliphatic rings. The Morgan fingerprint density at radius 1 is 1.11 bits per heavy atom. The second kappa shape index (κ2) is 10.9. The van der Waals surface area contributed by atoms with Gasteiger partial charge in [-0.25, -0.2) is 9.59 Å². The Morgan fingerprint density at radius 3 is 2.42 bits per heavy atom. The molecule has 36 heavy (non-hydrogen) atoms. The van der Waals surface area contributed by atoms with Crippen LogP contribution in [-0.2, 0) is 28.7 Å². The number of hydrogen-bond donors (Lipinski definition) is 2. The molecule has 2 unspecified atom stereocenters. The van der Waals surface area contributed by atoms with Crippen molar-refractivity contribution in [2.24, 2.45) is 0 Å². The van der Waals surface area contributed by atoms with Crippen molar-refractivity contribution in [3.05, 3.63) is 58.5 Å². The first kappa shape index (κ1) is 26.8. The number of carboxylic acid groups (broad SMARTS) is 2. The average molecular weight is 498 g/mol. The number of fused-ring (bicyclic) bond motifs is 2. The summed E-state index contributed by atoms with van der Waals surface area (Å²) in [7, 11) is 0. The normalized spacial score (nSPS) is 22.0. The number of rotatable bonds is 12. The van der Waals surface area contributed by atoms with E-state index in [9.17, 15) is 34.2 Å². The summed E-state index contributed by atoms with van der Waals surface area (Å²) in [6.45, 7) is 5.23. The number of aliphatic carboxylic acids is 2. The van der Waals surface area contributed by atoms with Crippen LogP contribution in [0.2, 0.25) is 0 Å². The molecule has 0 bridgehead atoms. The van der Waals surface area contributed by atoms with Gasteiger partial charge < -0.3 is 19.8 Å². The molecule has 0 saturated heterocycles. The minimum Gasteiger partial charge on any atom is -0.481 e. The molecule has 9 heteroatoms. The van der Waals surface area contributed by atoms with Crippen LogP contribution in [0.4, 0.5) is 0 Å². The summed E-state index contributed by atoms with van der Waals surface area (Å²) < 4.78 is 5.44. The Kier molecular flexibility index (Phi) is 8.12. The van der Waals surface area contributed by atoms with E-state index in [-0.39, 0.29) is 28.9 Å². The maximum atomic E-state index is 13.6. The van der Waals surface area contributed by atoms with Crippen molar-refractivity contribution in [2.45, 2.75) is 77.4 Å². The van der Waals surface area contributed by atoms with Crippen molar-refractivity contribution in [3.63, 3.8) is 0 Å². The number of carboxylic acids is 2. The van der Waals surface area contributed by atoms with Gasteiger partial charge in [0.2, 0.25) is 5.78 Å². The van der Waals surface area contributed by atoms with Crippen LogP contribution >= 0.6 is 0 Å². The Bertz CT molecular complexity index is 1150. The van der Waals surface area contributed by atoms with Crippen LogP contribution in [0.1, 0.15) is 65.7 Å². The second-order valence-electron chi connectivity index (χ2n) is 9.20.